The first kappa shape index (κ1) is 22.2. The van der Waals surface area contributed by atoms with E-state index in [1.54, 1.807) is 11.0 Å². The van der Waals surface area contributed by atoms with Crippen LogP contribution < -0.4 is 4.90 Å². The summed E-state index contributed by atoms with van der Waals surface area (Å²) in [6, 6.07) is 9.04. The van der Waals surface area contributed by atoms with Gasteiger partial charge in [-0.3, -0.25) is 14.5 Å². The molecule has 11 heteroatoms. The highest BCUT2D eigenvalue weighted by atomic mass is 35.5. The fourth-order valence-corrected chi connectivity index (χ4v) is 5.62. The number of carbonyl (C=O) groups excluding carboxylic acids is 2. The maximum absolute atomic E-state index is 14.0. The van der Waals surface area contributed by atoms with Crippen LogP contribution >= 0.6 is 23.2 Å². The monoisotopic (exact) mass is 485 g/mol. The molecule has 0 aromatic heterocycles. The zero-order valence-corrected chi connectivity index (χ0v) is 18.5. The van der Waals surface area contributed by atoms with Crippen LogP contribution in [0.4, 0.5) is 10.1 Å². The van der Waals surface area contributed by atoms with Crippen LogP contribution in [0.2, 0.25) is 10.0 Å². The van der Waals surface area contributed by atoms with Gasteiger partial charge in [-0.1, -0.05) is 35.3 Å². The normalized spacial score (nSPS) is 21.1. The Morgan fingerprint density at radius 3 is 2.26 bits per heavy atom. The molecule has 2 saturated heterocycles. The maximum atomic E-state index is 14.0. The molecule has 2 heterocycles. The topological polar surface area (TPSA) is 78.0 Å². The summed E-state index contributed by atoms with van der Waals surface area (Å²) in [6.45, 7) is 0.655. The van der Waals surface area contributed by atoms with Crippen LogP contribution in [-0.2, 0) is 19.6 Å². The molecule has 31 heavy (non-hydrogen) atoms. The van der Waals surface area contributed by atoms with Crippen LogP contribution in [0.5, 0.6) is 0 Å². The smallest absolute Gasteiger partial charge is 0.251 e. The van der Waals surface area contributed by atoms with Gasteiger partial charge in [0, 0.05) is 26.2 Å². The molecule has 7 nitrogen and oxygen atoms in total. The number of benzene rings is 2. The van der Waals surface area contributed by atoms with E-state index in [1.165, 1.54) is 34.6 Å². The SMILES string of the molecule is O=C1CC(N2CCN(S(=O)(=O)c3ccccc3F)CC2)C(=O)N1c1ccc(Cl)c(Cl)c1. The number of piperazine rings is 1. The molecule has 0 N–H and O–H groups in total. The zero-order valence-electron chi connectivity index (χ0n) is 16.2. The Morgan fingerprint density at radius 2 is 1.61 bits per heavy atom. The molecule has 2 aliphatic heterocycles. The molecule has 2 aliphatic rings. The molecule has 164 valence electrons. The van der Waals surface area contributed by atoms with Gasteiger partial charge in [-0.15, -0.1) is 0 Å². The lowest BCUT2D eigenvalue weighted by molar-refractivity contribution is -0.123. The van der Waals surface area contributed by atoms with Crippen molar-refractivity contribution in [2.75, 3.05) is 31.1 Å². The van der Waals surface area contributed by atoms with Crippen LogP contribution in [0.3, 0.4) is 0 Å². The third-order valence-corrected chi connectivity index (χ3v) is 8.12. The highest BCUT2D eigenvalue weighted by Gasteiger charge is 2.44. The number of hydrogen-bond acceptors (Lipinski definition) is 5. The number of sulfonamides is 1. The van der Waals surface area contributed by atoms with E-state index in [-0.39, 0.29) is 48.4 Å². The molecule has 4 rings (SSSR count). The lowest BCUT2D eigenvalue weighted by atomic mass is 10.2. The minimum absolute atomic E-state index is 0.0147. The van der Waals surface area contributed by atoms with Crippen LogP contribution in [0.1, 0.15) is 6.42 Å². The molecule has 0 aliphatic carbocycles. The first-order valence-electron chi connectivity index (χ1n) is 9.51. The number of hydrogen-bond donors (Lipinski definition) is 0. The average molecular weight is 486 g/mol. The maximum Gasteiger partial charge on any atom is 0.251 e. The molecule has 1 unspecified atom stereocenters. The lowest BCUT2D eigenvalue weighted by Gasteiger charge is -2.36. The third-order valence-electron chi connectivity index (χ3n) is 5.45. The summed E-state index contributed by atoms with van der Waals surface area (Å²) >= 11 is 11.9. The molecular formula is C20H18Cl2FN3O4S. The fourth-order valence-electron chi connectivity index (χ4n) is 3.85. The van der Waals surface area contributed by atoms with E-state index in [4.69, 9.17) is 23.2 Å². The molecule has 0 radical (unpaired) electrons. The summed E-state index contributed by atoms with van der Waals surface area (Å²) in [5.74, 6) is -1.57. The largest absolute Gasteiger partial charge is 0.289 e. The van der Waals surface area contributed by atoms with Gasteiger partial charge in [0.25, 0.3) is 5.91 Å². The highest BCUT2D eigenvalue weighted by molar-refractivity contribution is 7.89. The Kier molecular flexibility index (Phi) is 6.06. The minimum Gasteiger partial charge on any atom is -0.289 e. The van der Waals surface area contributed by atoms with Gasteiger partial charge >= 0.3 is 0 Å². The van der Waals surface area contributed by atoms with Crippen molar-refractivity contribution in [3.05, 3.63) is 58.3 Å². The van der Waals surface area contributed by atoms with Gasteiger partial charge in [0.15, 0.2) is 0 Å². The van der Waals surface area contributed by atoms with E-state index in [2.05, 4.69) is 0 Å². The Labute approximate surface area is 189 Å². The molecule has 2 aromatic carbocycles. The van der Waals surface area contributed by atoms with Crippen molar-refractivity contribution < 1.29 is 22.4 Å². The summed E-state index contributed by atoms with van der Waals surface area (Å²) in [5, 5.41) is 0.545. The van der Waals surface area contributed by atoms with E-state index in [0.29, 0.717) is 10.7 Å². The number of halogens is 3. The molecule has 0 bridgehead atoms. The minimum atomic E-state index is -3.98. The van der Waals surface area contributed by atoms with Crippen molar-refractivity contribution in [1.82, 2.24) is 9.21 Å². The van der Waals surface area contributed by atoms with Crippen LogP contribution in [0, 0.1) is 5.82 Å². The fraction of sp³-hybridized carbons (Fsp3) is 0.300. The Morgan fingerprint density at radius 1 is 0.935 bits per heavy atom. The number of carbonyl (C=O) groups is 2. The van der Waals surface area contributed by atoms with E-state index >= 15 is 0 Å². The molecule has 0 spiro atoms. The second-order valence-corrected chi connectivity index (χ2v) is 9.98. The second-order valence-electron chi connectivity index (χ2n) is 7.26. The Balaban J connectivity index is 1.47. The van der Waals surface area contributed by atoms with Crippen molar-refractivity contribution in [3.63, 3.8) is 0 Å². The number of rotatable bonds is 4. The van der Waals surface area contributed by atoms with E-state index in [0.717, 1.165) is 11.0 Å². The lowest BCUT2D eigenvalue weighted by Crippen LogP contribution is -2.53. The highest BCUT2D eigenvalue weighted by Crippen LogP contribution is 2.32. The van der Waals surface area contributed by atoms with Gasteiger partial charge in [0.2, 0.25) is 15.9 Å². The van der Waals surface area contributed by atoms with Gasteiger partial charge < -0.3 is 0 Å². The molecular weight excluding hydrogens is 468 g/mol. The van der Waals surface area contributed by atoms with E-state index in [9.17, 15) is 22.4 Å². The summed E-state index contributed by atoms with van der Waals surface area (Å²) in [6.07, 6.45) is -0.0147. The van der Waals surface area contributed by atoms with Gasteiger partial charge in [0.05, 0.1) is 28.2 Å². The van der Waals surface area contributed by atoms with E-state index in [1.807, 2.05) is 0 Å². The summed E-state index contributed by atoms with van der Waals surface area (Å²) < 4.78 is 40.7. The predicted molar refractivity (Wildman–Crippen MR) is 114 cm³/mol. The Hall–Kier alpha value is -2.04. The van der Waals surface area contributed by atoms with Gasteiger partial charge in [-0.05, 0) is 30.3 Å². The van der Waals surface area contributed by atoms with Crippen LogP contribution in [-0.4, -0.2) is 61.7 Å². The molecule has 0 saturated carbocycles. The first-order chi connectivity index (χ1) is 14.7. The summed E-state index contributed by atoms with van der Waals surface area (Å²) in [4.78, 5) is 28.0. The van der Waals surface area contributed by atoms with Crippen molar-refractivity contribution in [2.24, 2.45) is 0 Å². The molecule has 2 fully saturated rings. The number of nitrogens with zero attached hydrogens (tertiary/aromatic N) is 3. The van der Waals surface area contributed by atoms with Gasteiger partial charge in [-0.2, -0.15) is 4.31 Å². The third kappa shape index (κ3) is 4.08. The average Bonchev–Trinajstić information content (AvgIpc) is 3.04. The van der Waals surface area contributed by atoms with Crippen molar-refractivity contribution >= 4 is 50.7 Å². The molecule has 2 aromatic rings. The quantitative estimate of drug-likeness (QED) is 0.622. The number of imide groups is 1. The molecule has 2 amide bonds. The van der Waals surface area contributed by atoms with E-state index < -0.39 is 27.8 Å². The van der Waals surface area contributed by atoms with Crippen LogP contribution in [0.25, 0.3) is 0 Å². The Bertz CT molecular complexity index is 1150. The van der Waals surface area contributed by atoms with Crippen molar-refractivity contribution in [3.8, 4) is 0 Å². The van der Waals surface area contributed by atoms with Gasteiger partial charge in [-0.25, -0.2) is 17.7 Å². The predicted octanol–water partition coefficient (Wildman–Crippen LogP) is 2.77. The standard InChI is InChI=1S/C20H18Cl2FN3O4S/c21-14-6-5-13(11-15(14)22)26-19(27)12-17(20(26)28)24-7-9-25(10-8-24)31(29,30)18-4-2-1-3-16(18)23/h1-6,11,17H,7-10,12H2. The second kappa shape index (κ2) is 8.48. The molecule has 1 atom stereocenters. The number of amides is 2. The van der Waals surface area contributed by atoms with Gasteiger partial charge in [0.1, 0.15) is 10.7 Å². The van der Waals surface area contributed by atoms with Crippen molar-refractivity contribution in [2.45, 2.75) is 17.4 Å². The van der Waals surface area contributed by atoms with Crippen LogP contribution in [0.15, 0.2) is 47.4 Å². The summed E-state index contributed by atoms with van der Waals surface area (Å²) in [5.41, 5.74) is 0.340. The first-order valence-corrected chi connectivity index (χ1v) is 11.7. The zero-order chi connectivity index (χ0) is 22.3. The number of anilines is 1. The van der Waals surface area contributed by atoms with Crippen molar-refractivity contribution in [1.29, 1.82) is 0 Å². The summed E-state index contributed by atoms with van der Waals surface area (Å²) in [7, 11) is -3.98.